The summed E-state index contributed by atoms with van der Waals surface area (Å²) < 4.78 is 5.44. The monoisotopic (exact) mass is 337 g/mol. The maximum Gasteiger partial charge on any atom is 0.270 e. The summed E-state index contributed by atoms with van der Waals surface area (Å²) in [7, 11) is 0. The highest BCUT2D eigenvalue weighted by molar-refractivity contribution is 6.30. The van der Waals surface area contributed by atoms with Gasteiger partial charge in [-0.15, -0.1) is 10.2 Å². The van der Waals surface area contributed by atoms with Crippen LogP contribution < -0.4 is 5.32 Å². The maximum atomic E-state index is 12.3. The molecule has 1 aliphatic rings. The molecular formula is C15H20ClN5O2. The van der Waals surface area contributed by atoms with Crippen molar-refractivity contribution in [2.24, 2.45) is 0 Å². The summed E-state index contributed by atoms with van der Waals surface area (Å²) in [6, 6.07) is 1.99. The number of carbonyl (C=O) groups excluding carboxylic acids is 1. The molecule has 1 fully saturated rings. The molecular weight excluding hydrogens is 318 g/mol. The van der Waals surface area contributed by atoms with Crippen molar-refractivity contribution in [2.75, 3.05) is 13.1 Å². The van der Waals surface area contributed by atoms with E-state index in [1.165, 1.54) is 0 Å². The normalized spacial score (nSPS) is 17.4. The molecule has 0 bridgehead atoms. The number of carbonyl (C=O) groups is 1. The Morgan fingerprint density at radius 1 is 1.48 bits per heavy atom. The summed E-state index contributed by atoms with van der Waals surface area (Å²) in [6.45, 7) is 5.21. The van der Waals surface area contributed by atoms with E-state index in [-0.39, 0.29) is 11.9 Å². The number of rotatable bonds is 4. The van der Waals surface area contributed by atoms with Crippen molar-refractivity contribution >= 4 is 17.5 Å². The molecule has 1 saturated heterocycles. The minimum atomic E-state index is -0.00377. The predicted molar refractivity (Wildman–Crippen MR) is 85.3 cm³/mol. The number of hydrogen-bond acceptors (Lipinski definition) is 5. The standard InChI is InChI=1S/C15H20ClN5O2/c1-9(14-20-19-10(2)23-14)18-12-3-5-21(6-4-12)15(22)13-7-11(16)8-17-13/h7-9,12,17-18H,3-6H2,1-2H3. The summed E-state index contributed by atoms with van der Waals surface area (Å²) in [6.07, 6.45) is 3.40. The third kappa shape index (κ3) is 3.73. The lowest BCUT2D eigenvalue weighted by atomic mass is 10.0. The molecule has 2 aromatic rings. The molecule has 2 aromatic heterocycles. The van der Waals surface area contributed by atoms with E-state index in [4.69, 9.17) is 16.0 Å². The number of nitrogens with zero attached hydrogens (tertiary/aromatic N) is 3. The highest BCUT2D eigenvalue weighted by Crippen LogP contribution is 2.19. The van der Waals surface area contributed by atoms with Crippen LogP contribution in [-0.4, -0.2) is 45.1 Å². The Bertz CT molecular complexity index is 675. The summed E-state index contributed by atoms with van der Waals surface area (Å²) >= 11 is 5.85. The van der Waals surface area contributed by atoms with Crippen molar-refractivity contribution < 1.29 is 9.21 Å². The third-order valence-electron chi connectivity index (χ3n) is 4.06. The van der Waals surface area contributed by atoms with Gasteiger partial charge in [0.05, 0.1) is 11.1 Å². The van der Waals surface area contributed by atoms with Crippen LogP contribution in [0.25, 0.3) is 0 Å². The van der Waals surface area contributed by atoms with Crippen LogP contribution >= 0.6 is 11.6 Å². The van der Waals surface area contributed by atoms with Crippen molar-refractivity contribution in [3.63, 3.8) is 0 Å². The van der Waals surface area contributed by atoms with Crippen LogP contribution in [0.3, 0.4) is 0 Å². The second kappa shape index (κ2) is 6.72. The van der Waals surface area contributed by atoms with Crippen LogP contribution in [0.2, 0.25) is 5.02 Å². The van der Waals surface area contributed by atoms with Crippen molar-refractivity contribution in [1.29, 1.82) is 0 Å². The number of likely N-dealkylation sites (tertiary alicyclic amines) is 1. The second-order valence-corrected chi connectivity index (χ2v) is 6.28. The topological polar surface area (TPSA) is 87.0 Å². The van der Waals surface area contributed by atoms with Crippen LogP contribution in [0, 0.1) is 6.92 Å². The largest absolute Gasteiger partial charge is 0.424 e. The molecule has 2 N–H and O–H groups in total. The van der Waals surface area contributed by atoms with Gasteiger partial charge in [0.25, 0.3) is 5.91 Å². The number of aromatic nitrogens is 3. The highest BCUT2D eigenvalue weighted by atomic mass is 35.5. The zero-order valence-electron chi connectivity index (χ0n) is 13.2. The van der Waals surface area contributed by atoms with Crippen molar-refractivity contribution in [3.8, 4) is 0 Å². The van der Waals surface area contributed by atoms with Crippen LogP contribution in [0.5, 0.6) is 0 Å². The average Bonchev–Trinajstić information content (AvgIpc) is 3.16. The number of aryl methyl sites for hydroxylation is 1. The smallest absolute Gasteiger partial charge is 0.270 e. The van der Waals surface area contributed by atoms with Gasteiger partial charge in [0.1, 0.15) is 5.69 Å². The summed E-state index contributed by atoms with van der Waals surface area (Å²) in [4.78, 5) is 17.1. The Hall–Kier alpha value is -1.86. The minimum Gasteiger partial charge on any atom is -0.424 e. The molecule has 0 saturated carbocycles. The van der Waals surface area contributed by atoms with Gasteiger partial charge >= 0.3 is 0 Å². The van der Waals surface area contributed by atoms with E-state index in [0.717, 1.165) is 12.8 Å². The molecule has 7 nitrogen and oxygen atoms in total. The first-order valence-corrected chi connectivity index (χ1v) is 8.10. The summed E-state index contributed by atoms with van der Waals surface area (Å²) in [5, 5.41) is 11.9. The molecule has 1 aliphatic heterocycles. The van der Waals surface area contributed by atoms with Crippen LogP contribution in [0.4, 0.5) is 0 Å². The SMILES string of the molecule is Cc1nnc(C(C)NC2CCN(C(=O)c3cc(Cl)c[nH]3)CC2)o1. The number of nitrogens with one attached hydrogen (secondary N) is 2. The Kier molecular flexibility index (Phi) is 4.68. The van der Waals surface area contributed by atoms with E-state index in [9.17, 15) is 4.79 Å². The number of amides is 1. The van der Waals surface area contributed by atoms with Gasteiger partial charge in [0.15, 0.2) is 0 Å². The van der Waals surface area contributed by atoms with Crippen LogP contribution in [0.15, 0.2) is 16.7 Å². The average molecular weight is 338 g/mol. The lowest BCUT2D eigenvalue weighted by Crippen LogP contribution is -2.45. The molecule has 1 unspecified atom stereocenters. The van der Waals surface area contributed by atoms with E-state index in [0.29, 0.717) is 41.6 Å². The van der Waals surface area contributed by atoms with Crippen molar-refractivity contribution in [3.05, 3.63) is 34.8 Å². The van der Waals surface area contributed by atoms with E-state index in [2.05, 4.69) is 20.5 Å². The maximum absolute atomic E-state index is 12.3. The highest BCUT2D eigenvalue weighted by Gasteiger charge is 2.26. The van der Waals surface area contributed by atoms with E-state index >= 15 is 0 Å². The van der Waals surface area contributed by atoms with Gasteiger partial charge in [-0.2, -0.15) is 0 Å². The van der Waals surface area contributed by atoms with E-state index in [1.807, 2.05) is 11.8 Å². The lowest BCUT2D eigenvalue weighted by Gasteiger charge is -2.33. The second-order valence-electron chi connectivity index (χ2n) is 5.85. The van der Waals surface area contributed by atoms with Gasteiger partial charge in [-0.1, -0.05) is 11.6 Å². The van der Waals surface area contributed by atoms with Crippen molar-refractivity contribution in [2.45, 2.75) is 38.8 Å². The Morgan fingerprint density at radius 3 is 2.78 bits per heavy atom. The predicted octanol–water partition coefficient (Wildman–Crippen LogP) is 2.31. The van der Waals surface area contributed by atoms with Gasteiger partial charge < -0.3 is 19.6 Å². The number of piperidine rings is 1. The summed E-state index contributed by atoms with van der Waals surface area (Å²) in [5.74, 6) is 1.16. The number of H-pyrrole nitrogens is 1. The van der Waals surface area contributed by atoms with Crippen LogP contribution in [-0.2, 0) is 0 Å². The van der Waals surface area contributed by atoms with Gasteiger partial charge in [0.2, 0.25) is 11.8 Å². The molecule has 0 radical (unpaired) electrons. The minimum absolute atomic E-state index is 0.00377. The molecule has 1 atom stereocenters. The molecule has 124 valence electrons. The zero-order chi connectivity index (χ0) is 16.4. The first-order chi connectivity index (χ1) is 11.0. The number of halogens is 1. The fourth-order valence-corrected chi connectivity index (χ4v) is 2.99. The van der Waals surface area contributed by atoms with Gasteiger partial charge in [-0.25, -0.2) is 0 Å². The quantitative estimate of drug-likeness (QED) is 0.894. The summed E-state index contributed by atoms with van der Waals surface area (Å²) in [5.41, 5.74) is 0.538. The molecule has 0 spiro atoms. The molecule has 8 heteroatoms. The molecule has 1 amide bonds. The first kappa shape index (κ1) is 16.0. The molecule has 0 aromatic carbocycles. The van der Waals surface area contributed by atoms with Gasteiger partial charge in [0, 0.05) is 32.3 Å². The van der Waals surface area contributed by atoms with Gasteiger partial charge in [-0.05, 0) is 25.8 Å². The van der Waals surface area contributed by atoms with Crippen molar-refractivity contribution in [1.82, 2.24) is 25.4 Å². The Labute approximate surface area is 139 Å². The number of hydrogen-bond donors (Lipinski definition) is 2. The van der Waals surface area contributed by atoms with E-state index < -0.39 is 0 Å². The zero-order valence-corrected chi connectivity index (χ0v) is 13.9. The third-order valence-corrected chi connectivity index (χ3v) is 4.28. The fraction of sp³-hybridized carbons (Fsp3) is 0.533. The Balaban J connectivity index is 1.51. The number of aromatic amines is 1. The Morgan fingerprint density at radius 2 is 2.22 bits per heavy atom. The first-order valence-electron chi connectivity index (χ1n) is 7.72. The fourth-order valence-electron chi connectivity index (χ4n) is 2.82. The molecule has 0 aliphatic carbocycles. The molecule has 3 rings (SSSR count). The van der Waals surface area contributed by atoms with Crippen LogP contribution in [0.1, 0.15) is 48.1 Å². The molecule has 23 heavy (non-hydrogen) atoms. The molecule has 3 heterocycles. The van der Waals surface area contributed by atoms with E-state index in [1.54, 1.807) is 19.2 Å². The lowest BCUT2D eigenvalue weighted by molar-refractivity contribution is 0.0695. The van der Waals surface area contributed by atoms with Gasteiger partial charge in [-0.3, -0.25) is 4.79 Å².